The maximum atomic E-state index is 11.0. The number of aromatic nitrogens is 2. The molecule has 3 rings (SSSR count). The highest BCUT2D eigenvalue weighted by Gasteiger charge is 2.06. The molecule has 3 aromatic rings. The highest BCUT2D eigenvalue weighted by molar-refractivity contribution is 5.89. The first-order valence-electron chi connectivity index (χ1n) is 6.57. The molecule has 0 aliphatic rings. The lowest BCUT2D eigenvalue weighted by Crippen LogP contribution is -2.05. The van der Waals surface area contributed by atoms with Crippen molar-refractivity contribution in [1.29, 1.82) is 0 Å². The lowest BCUT2D eigenvalue weighted by atomic mass is 10.2. The molecule has 2 aromatic carbocycles. The van der Waals surface area contributed by atoms with Gasteiger partial charge in [0.05, 0.1) is 18.1 Å². The van der Waals surface area contributed by atoms with Crippen molar-refractivity contribution >= 4 is 22.6 Å². The summed E-state index contributed by atoms with van der Waals surface area (Å²) in [7, 11) is 1.64. The molecule has 5 nitrogen and oxygen atoms in total. The number of ether oxygens (including phenoxy) is 1. The summed E-state index contributed by atoms with van der Waals surface area (Å²) in [6.45, 7) is 1.49. The van der Waals surface area contributed by atoms with E-state index < -0.39 is 0 Å². The van der Waals surface area contributed by atoms with Crippen molar-refractivity contribution in [1.82, 2.24) is 9.97 Å². The van der Waals surface area contributed by atoms with Crippen molar-refractivity contribution in [2.75, 3.05) is 12.4 Å². The zero-order chi connectivity index (χ0) is 14.8. The third-order valence-electron chi connectivity index (χ3n) is 3.17. The van der Waals surface area contributed by atoms with E-state index in [1.165, 1.54) is 6.92 Å². The predicted molar refractivity (Wildman–Crippen MR) is 82.4 cm³/mol. The number of hydrogen-bond donors (Lipinski definition) is 2. The van der Waals surface area contributed by atoms with E-state index in [-0.39, 0.29) is 5.91 Å². The second-order valence-corrected chi connectivity index (χ2v) is 4.73. The molecule has 0 atom stereocenters. The number of amides is 1. The molecule has 0 fully saturated rings. The summed E-state index contributed by atoms with van der Waals surface area (Å²) in [5, 5.41) is 2.74. The van der Waals surface area contributed by atoms with Gasteiger partial charge in [0, 0.05) is 24.2 Å². The van der Waals surface area contributed by atoms with Gasteiger partial charge >= 0.3 is 0 Å². The Balaban J connectivity index is 1.94. The third-order valence-corrected chi connectivity index (χ3v) is 3.17. The molecule has 0 unspecified atom stereocenters. The Morgan fingerprint density at radius 3 is 2.62 bits per heavy atom. The summed E-state index contributed by atoms with van der Waals surface area (Å²) in [5.74, 6) is 1.49. The molecular weight excluding hydrogens is 266 g/mol. The third kappa shape index (κ3) is 2.72. The van der Waals surface area contributed by atoms with Crippen LogP contribution in [0.25, 0.3) is 22.4 Å². The lowest BCUT2D eigenvalue weighted by molar-refractivity contribution is -0.114. The van der Waals surface area contributed by atoms with Gasteiger partial charge < -0.3 is 15.0 Å². The zero-order valence-electron chi connectivity index (χ0n) is 11.8. The highest BCUT2D eigenvalue weighted by Crippen LogP contribution is 2.24. The van der Waals surface area contributed by atoms with E-state index in [1.54, 1.807) is 7.11 Å². The topological polar surface area (TPSA) is 67.0 Å². The van der Waals surface area contributed by atoms with Crippen LogP contribution in [0.3, 0.4) is 0 Å². The van der Waals surface area contributed by atoms with Crippen molar-refractivity contribution in [2.24, 2.45) is 0 Å². The van der Waals surface area contributed by atoms with Gasteiger partial charge in [-0.25, -0.2) is 4.98 Å². The van der Waals surface area contributed by atoms with Crippen molar-refractivity contribution in [2.45, 2.75) is 6.92 Å². The predicted octanol–water partition coefficient (Wildman–Crippen LogP) is 3.20. The van der Waals surface area contributed by atoms with E-state index in [9.17, 15) is 4.79 Å². The quantitative estimate of drug-likeness (QED) is 0.774. The fraction of sp³-hybridized carbons (Fsp3) is 0.125. The van der Waals surface area contributed by atoms with Gasteiger partial charge in [-0.2, -0.15) is 0 Å². The van der Waals surface area contributed by atoms with Gasteiger partial charge in [0.1, 0.15) is 11.6 Å². The molecule has 21 heavy (non-hydrogen) atoms. The van der Waals surface area contributed by atoms with Crippen molar-refractivity contribution in [3.8, 4) is 17.1 Å². The first kappa shape index (κ1) is 13.2. The SMILES string of the molecule is COc1ccc2nc(-c3ccc(NC(C)=O)cc3)[nH]c2c1. The van der Waals surface area contributed by atoms with E-state index in [0.717, 1.165) is 33.9 Å². The largest absolute Gasteiger partial charge is 0.497 e. The summed E-state index contributed by atoms with van der Waals surface area (Å²) < 4.78 is 5.20. The molecule has 0 radical (unpaired) electrons. The van der Waals surface area contributed by atoms with Gasteiger partial charge in [0.2, 0.25) is 5.91 Å². The molecule has 0 aliphatic heterocycles. The summed E-state index contributed by atoms with van der Waals surface area (Å²) in [6.07, 6.45) is 0. The number of fused-ring (bicyclic) bond motifs is 1. The number of benzene rings is 2. The summed E-state index contributed by atoms with van der Waals surface area (Å²) in [4.78, 5) is 18.8. The van der Waals surface area contributed by atoms with E-state index in [4.69, 9.17) is 4.74 Å². The van der Waals surface area contributed by atoms with Crippen LogP contribution >= 0.6 is 0 Å². The minimum absolute atomic E-state index is 0.0846. The van der Waals surface area contributed by atoms with Crippen LogP contribution in [0.2, 0.25) is 0 Å². The summed E-state index contributed by atoms with van der Waals surface area (Å²) in [6, 6.07) is 13.2. The number of hydrogen-bond acceptors (Lipinski definition) is 3. The smallest absolute Gasteiger partial charge is 0.221 e. The van der Waals surface area contributed by atoms with E-state index in [2.05, 4.69) is 15.3 Å². The normalized spacial score (nSPS) is 10.6. The minimum Gasteiger partial charge on any atom is -0.497 e. The molecule has 0 bridgehead atoms. The van der Waals surface area contributed by atoms with Gasteiger partial charge in [0.15, 0.2) is 0 Å². The number of aromatic amines is 1. The van der Waals surface area contributed by atoms with E-state index >= 15 is 0 Å². The number of methoxy groups -OCH3 is 1. The maximum Gasteiger partial charge on any atom is 0.221 e. The molecule has 106 valence electrons. The Labute approximate surface area is 122 Å². The van der Waals surface area contributed by atoms with Crippen LogP contribution in [0, 0.1) is 0 Å². The summed E-state index contributed by atoms with van der Waals surface area (Å²) in [5.41, 5.74) is 3.54. The Morgan fingerprint density at radius 1 is 1.19 bits per heavy atom. The van der Waals surface area contributed by atoms with Crippen LogP contribution in [-0.4, -0.2) is 23.0 Å². The van der Waals surface area contributed by atoms with E-state index in [0.29, 0.717) is 0 Å². The fourth-order valence-corrected chi connectivity index (χ4v) is 2.17. The first-order chi connectivity index (χ1) is 10.2. The van der Waals surface area contributed by atoms with Crippen molar-refractivity contribution < 1.29 is 9.53 Å². The Hall–Kier alpha value is -2.82. The molecule has 0 aliphatic carbocycles. The Bertz CT molecular complexity index is 791. The number of nitrogens with one attached hydrogen (secondary N) is 2. The second kappa shape index (κ2) is 5.28. The van der Waals surface area contributed by atoms with Crippen LogP contribution in [0.15, 0.2) is 42.5 Å². The number of carbonyl (C=O) groups excluding carboxylic acids is 1. The number of imidazole rings is 1. The summed E-state index contributed by atoms with van der Waals surface area (Å²) >= 11 is 0. The molecule has 1 heterocycles. The van der Waals surface area contributed by atoms with Crippen molar-refractivity contribution in [3.05, 3.63) is 42.5 Å². The molecule has 0 saturated heterocycles. The Kier molecular flexibility index (Phi) is 3.31. The van der Waals surface area contributed by atoms with Crippen molar-refractivity contribution in [3.63, 3.8) is 0 Å². The van der Waals surface area contributed by atoms with Crippen LogP contribution in [-0.2, 0) is 4.79 Å². The zero-order valence-corrected chi connectivity index (χ0v) is 11.8. The Morgan fingerprint density at radius 2 is 1.95 bits per heavy atom. The number of rotatable bonds is 3. The molecule has 2 N–H and O–H groups in total. The lowest BCUT2D eigenvalue weighted by Gasteiger charge is -2.02. The van der Waals surface area contributed by atoms with Gasteiger partial charge in [-0.05, 0) is 36.4 Å². The monoisotopic (exact) mass is 281 g/mol. The molecule has 0 saturated carbocycles. The molecule has 1 aromatic heterocycles. The van der Waals surface area contributed by atoms with Crippen LogP contribution in [0.1, 0.15) is 6.92 Å². The first-order valence-corrected chi connectivity index (χ1v) is 6.57. The van der Waals surface area contributed by atoms with Gasteiger partial charge in [-0.1, -0.05) is 0 Å². The highest BCUT2D eigenvalue weighted by atomic mass is 16.5. The molecular formula is C16H15N3O2. The average Bonchev–Trinajstić information content (AvgIpc) is 2.90. The second-order valence-electron chi connectivity index (χ2n) is 4.73. The maximum absolute atomic E-state index is 11.0. The fourth-order valence-electron chi connectivity index (χ4n) is 2.17. The number of anilines is 1. The number of carbonyl (C=O) groups is 1. The van der Waals surface area contributed by atoms with Crippen LogP contribution in [0.5, 0.6) is 5.75 Å². The van der Waals surface area contributed by atoms with Crippen LogP contribution < -0.4 is 10.1 Å². The van der Waals surface area contributed by atoms with E-state index in [1.807, 2.05) is 42.5 Å². The molecule has 1 amide bonds. The molecule has 5 heteroatoms. The average molecular weight is 281 g/mol. The number of nitrogens with zero attached hydrogens (tertiary/aromatic N) is 1. The van der Waals surface area contributed by atoms with Gasteiger partial charge in [-0.3, -0.25) is 4.79 Å². The minimum atomic E-state index is -0.0846. The van der Waals surface area contributed by atoms with Gasteiger partial charge in [-0.15, -0.1) is 0 Å². The number of H-pyrrole nitrogens is 1. The van der Waals surface area contributed by atoms with Crippen LogP contribution in [0.4, 0.5) is 5.69 Å². The molecule has 0 spiro atoms. The van der Waals surface area contributed by atoms with Gasteiger partial charge in [0.25, 0.3) is 0 Å². The standard InChI is InChI=1S/C16H15N3O2/c1-10(20)17-12-5-3-11(4-6-12)16-18-14-8-7-13(21-2)9-15(14)19-16/h3-9H,1-2H3,(H,17,20)(H,18,19).